The van der Waals surface area contributed by atoms with E-state index in [2.05, 4.69) is 44.5 Å². The van der Waals surface area contributed by atoms with Crippen molar-refractivity contribution >= 4 is 11.5 Å². The minimum Gasteiger partial charge on any atom is -0.340 e. The number of aromatic nitrogens is 2. The number of hydrogen-bond acceptors (Lipinski definition) is 4. The average Bonchev–Trinajstić information content (AvgIpc) is 2.50. The number of likely N-dealkylation sites (tertiary alicyclic amines) is 1. The fourth-order valence-electron chi connectivity index (χ4n) is 2.74. The maximum Gasteiger partial charge on any atom is 0.133 e. The normalized spacial score (nSPS) is 15.9. The fourth-order valence-corrected chi connectivity index (χ4v) is 2.74. The molecule has 0 unspecified atom stereocenters. The Labute approximate surface area is 126 Å². The number of aryl methyl sites for hydroxylation is 1. The summed E-state index contributed by atoms with van der Waals surface area (Å²) >= 11 is 0. The lowest BCUT2D eigenvalue weighted by atomic mass is 10.1. The van der Waals surface area contributed by atoms with Gasteiger partial charge >= 0.3 is 0 Å². The van der Waals surface area contributed by atoms with Crippen molar-refractivity contribution in [3.63, 3.8) is 0 Å². The van der Waals surface area contributed by atoms with Crippen LogP contribution in [0.2, 0.25) is 0 Å². The summed E-state index contributed by atoms with van der Waals surface area (Å²) in [5, 5.41) is 3.31. The van der Waals surface area contributed by atoms with Gasteiger partial charge in [0.15, 0.2) is 0 Å². The molecule has 0 atom stereocenters. The van der Waals surface area contributed by atoms with Crippen molar-refractivity contribution in [1.29, 1.82) is 0 Å². The van der Waals surface area contributed by atoms with Gasteiger partial charge < -0.3 is 5.32 Å². The van der Waals surface area contributed by atoms with Crippen LogP contribution in [0.5, 0.6) is 0 Å². The van der Waals surface area contributed by atoms with Gasteiger partial charge in [0.2, 0.25) is 0 Å². The van der Waals surface area contributed by atoms with Crippen LogP contribution in [0.25, 0.3) is 0 Å². The number of rotatable bonds is 4. The van der Waals surface area contributed by atoms with Crippen molar-refractivity contribution in [2.75, 3.05) is 18.4 Å². The van der Waals surface area contributed by atoms with Crippen molar-refractivity contribution in [1.82, 2.24) is 14.9 Å². The van der Waals surface area contributed by atoms with E-state index in [1.165, 1.54) is 37.9 Å². The van der Waals surface area contributed by atoms with Crippen LogP contribution in [0, 0.1) is 6.92 Å². The zero-order chi connectivity index (χ0) is 14.5. The van der Waals surface area contributed by atoms with E-state index in [9.17, 15) is 0 Å². The number of benzene rings is 1. The summed E-state index contributed by atoms with van der Waals surface area (Å²) in [6, 6.07) is 10.6. The molecule has 0 saturated carbocycles. The van der Waals surface area contributed by atoms with Crippen molar-refractivity contribution in [3.8, 4) is 0 Å². The highest BCUT2D eigenvalue weighted by atomic mass is 15.1. The van der Waals surface area contributed by atoms with Crippen molar-refractivity contribution < 1.29 is 0 Å². The molecule has 1 aromatic carbocycles. The number of anilines is 2. The van der Waals surface area contributed by atoms with E-state index in [-0.39, 0.29) is 0 Å². The molecule has 0 spiro atoms. The minimum absolute atomic E-state index is 0.839. The van der Waals surface area contributed by atoms with Crippen molar-refractivity contribution in [2.45, 2.75) is 32.7 Å². The number of nitrogens with one attached hydrogen (secondary N) is 1. The molecule has 4 nitrogen and oxygen atoms in total. The summed E-state index contributed by atoms with van der Waals surface area (Å²) in [5.74, 6) is 0.839. The van der Waals surface area contributed by atoms with Crippen LogP contribution >= 0.6 is 0 Å². The highest BCUT2D eigenvalue weighted by Crippen LogP contribution is 2.17. The Morgan fingerprint density at radius 3 is 2.52 bits per heavy atom. The first kappa shape index (κ1) is 14.0. The summed E-state index contributed by atoms with van der Waals surface area (Å²) in [6.45, 7) is 5.50. The molecule has 1 aliphatic rings. The van der Waals surface area contributed by atoms with Crippen LogP contribution < -0.4 is 5.32 Å². The largest absolute Gasteiger partial charge is 0.340 e. The van der Waals surface area contributed by atoms with Gasteiger partial charge in [-0.2, -0.15) is 0 Å². The topological polar surface area (TPSA) is 41.0 Å². The molecule has 1 saturated heterocycles. The second kappa shape index (κ2) is 6.68. The molecule has 4 heteroatoms. The summed E-state index contributed by atoms with van der Waals surface area (Å²) in [6.07, 6.45) is 5.65. The highest BCUT2D eigenvalue weighted by molar-refractivity contribution is 5.56. The Hall–Kier alpha value is -1.94. The molecule has 1 aromatic heterocycles. The molecule has 1 fully saturated rings. The lowest BCUT2D eigenvalue weighted by Gasteiger charge is -2.26. The van der Waals surface area contributed by atoms with E-state index >= 15 is 0 Å². The molecular weight excluding hydrogens is 260 g/mol. The molecule has 1 N–H and O–H groups in total. The molecule has 110 valence electrons. The molecule has 0 aliphatic carbocycles. The van der Waals surface area contributed by atoms with Gasteiger partial charge in [-0.05, 0) is 50.6 Å². The van der Waals surface area contributed by atoms with Crippen molar-refractivity contribution in [2.24, 2.45) is 0 Å². The smallest absolute Gasteiger partial charge is 0.133 e. The van der Waals surface area contributed by atoms with Crippen molar-refractivity contribution in [3.05, 3.63) is 47.9 Å². The summed E-state index contributed by atoms with van der Waals surface area (Å²) in [4.78, 5) is 10.9. The quantitative estimate of drug-likeness (QED) is 0.931. The van der Waals surface area contributed by atoms with Gasteiger partial charge in [-0.3, -0.25) is 4.90 Å². The zero-order valence-electron chi connectivity index (χ0n) is 12.5. The molecule has 0 radical (unpaired) electrons. The predicted octanol–water partition coefficient (Wildman–Crippen LogP) is 3.51. The molecule has 2 aromatic rings. The lowest BCUT2D eigenvalue weighted by molar-refractivity contribution is 0.221. The van der Waals surface area contributed by atoms with E-state index < -0.39 is 0 Å². The molecule has 2 heterocycles. The molecule has 21 heavy (non-hydrogen) atoms. The Morgan fingerprint density at radius 1 is 1.05 bits per heavy atom. The molecule has 3 rings (SSSR count). The molecule has 1 aliphatic heterocycles. The predicted molar refractivity (Wildman–Crippen MR) is 85.6 cm³/mol. The van der Waals surface area contributed by atoms with E-state index in [1.54, 1.807) is 6.33 Å². The fraction of sp³-hybridized carbons (Fsp3) is 0.412. The summed E-state index contributed by atoms with van der Waals surface area (Å²) < 4.78 is 0. The SMILES string of the molecule is Cc1cc(Nc2ccc(CN3CCCCC3)cc2)ncn1. The third-order valence-corrected chi connectivity index (χ3v) is 3.89. The first-order chi connectivity index (χ1) is 10.3. The van der Waals surface area contributed by atoms with Crippen LogP contribution in [0.1, 0.15) is 30.5 Å². The van der Waals surface area contributed by atoms with Crippen LogP contribution in [0.3, 0.4) is 0 Å². The van der Waals surface area contributed by atoms with Crippen LogP contribution in [-0.2, 0) is 6.54 Å². The Balaban J connectivity index is 1.61. The third-order valence-electron chi connectivity index (χ3n) is 3.89. The standard InChI is InChI=1S/C17H22N4/c1-14-11-17(19-13-18-14)20-16-7-5-15(6-8-16)12-21-9-3-2-4-10-21/h5-8,11,13H,2-4,9-10,12H2,1H3,(H,18,19,20). The van der Waals surface area contributed by atoms with E-state index in [0.29, 0.717) is 0 Å². The van der Waals surface area contributed by atoms with Gasteiger partial charge in [0.05, 0.1) is 0 Å². The second-order valence-electron chi connectivity index (χ2n) is 5.70. The maximum absolute atomic E-state index is 4.22. The van der Waals surface area contributed by atoms with Gasteiger partial charge in [0.25, 0.3) is 0 Å². The number of piperidine rings is 1. The number of nitrogens with zero attached hydrogens (tertiary/aromatic N) is 3. The Kier molecular flexibility index (Phi) is 4.46. The molecule has 0 amide bonds. The van der Waals surface area contributed by atoms with Gasteiger partial charge in [0, 0.05) is 24.0 Å². The lowest BCUT2D eigenvalue weighted by Crippen LogP contribution is -2.29. The number of hydrogen-bond donors (Lipinski definition) is 1. The van der Waals surface area contributed by atoms with E-state index in [1.807, 2.05) is 13.0 Å². The second-order valence-corrected chi connectivity index (χ2v) is 5.70. The zero-order valence-corrected chi connectivity index (χ0v) is 12.5. The van der Waals surface area contributed by atoms with Crippen LogP contribution in [0.15, 0.2) is 36.7 Å². The highest BCUT2D eigenvalue weighted by Gasteiger charge is 2.10. The Bertz CT molecular complexity index is 574. The van der Waals surface area contributed by atoms with Crippen LogP contribution in [0.4, 0.5) is 11.5 Å². The van der Waals surface area contributed by atoms with Crippen LogP contribution in [-0.4, -0.2) is 28.0 Å². The summed E-state index contributed by atoms with van der Waals surface area (Å²) in [5.41, 5.74) is 3.41. The van der Waals surface area contributed by atoms with Gasteiger partial charge in [-0.15, -0.1) is 0 Å². The maximum atomic E-state index is 4.22. The van der Waals surface area contributed by atoms with E-state index in [0.717, 1.165) is 23.7 Å². The van der Waals surface area contributed by atoms with Gasteiger partial charge in [-0.1, -0.05) is 18.6 Å². The first-order valence-corrected chi connectivity index (χ1v) is 7.66. The van der Waals surface area contributed by atoms with E-state index in [4.69, 9.17) is 0 Å². The van der Waals surface area contributed by atoms with Gasteiger partial charge in [0.1, 0.15) is 12.1 Å². The third kappa shape index (κ3) is 4.02. The Morgan fingerprint density at radius 2 is 1.81 bits per heavy atom. The van der Waals surface area contributed by atoms with Gasteiger partial charge in [-0.25, -0.2) is 9.97 Å². The summed E-state index contributed by atoms with van der Waals surface area (Å²) in [7, 11) is 0. The first-order valence-electron chi connectivity index (χ1n) is 7.66. The molecule has 0 bridgehead atoms. The average molecular weight is 282 g/mol. The molecular formula is C17H22N4. The monoisotopic (exact) mass is 282 g/mol. The minimum atomic E-state index is 0.839.